The van der Waals surface area contributed by atoms with Crippen LogP contribution in [0.5, 0.6) is 11.5 Å². The summed E-state index contributed by atoms with van der Waals surface area (Å²) in [5.74, 6) is 1.43. The molecule has 18 heavy (non-hydrogen) atoms. The standard InChI is InChI=1S/C12H15N3O3/c1-15-12(11(7-16)13-14-15)8-18-10-5-3-4-9(6-10)17-2/h3-6,16H,7-8H2,1-2H3. The highest BCUT2D eigenvalue weighted by Gasteiger charge is 2.10. The molecule has 6 heteroatoms. The second-order valence-electron chi connectivity index (χ2n) is 3.73. The first-order chi connectivity index (χ1) is 8.74. The molecular weight excluding hydrogens is 234 g/mol. The maximum atomic E-state index is 9.12. The molecule has 0 amide bonds. The van der Waals surface area contributed by atoms with Crippen molar-refractivity contribution in [3.8, 4) is 11.5 Å². The number of ether oxygens (including phenoxy) is 2. The van der Waals surface area contributed by atoms with Gasteiger partial charge in [0.25, 0.3) is 0 Å². The molecule has 1 aromatic heterocycles. The van der Waals surface area contributed by atoms with E-state index in [1.165, 1.54) is 0 Å². The number of aliphatic hydroxyl groups excluding tert-OH is 1. The highest BCUT2D eigenvalue weighted by molar-refractivity contribution is 5.32. The third kappa shape index (κ3) is 2.60. The minimum absolute atomic E-state index is 0.148. The fraction of sp³-hybridized carbons (Fsp3) is 0.333. The maximum absolute atomic E-state index is 9.12. The molecule has 96 valence electrons. The molecule has 6 nitrogen and oxygen atoms in total. The maximum Gasteiger partial charge on any atom is 0.132 e. The zero-order chi connectivity index (χ0) is 13.0. The fourth-order valence-corrected chi connectivity index (χ4v) is 1.56. The molecule has 2 aromatic rings. The van der Waals surface area contributed by atoms with Gasteiger partial charge < -0.3 is 14.6 Å². The minimum atomic E-state index is -0.148. The molecule has 0 fully saturated rings. The predicted molar refractivity (Wildman–Crippen MR) is 64.3 cm³/mol. The van der Waals surface area contributed by atoms with Gasteiger partial charge in [0.1, 0.15) is 29.5 Å². The summed E-state index contributed by atoms with van der Waals surface area (Å²) in [5.41, 5.74) is 1.28. The molecule has 2 rings (SSSR count). The van der Waals surface area contributed by atoms with Crippen LogP contribution in [0.25, 0.3) is 0 Å². The molecule has 1 N–H and O–H groups in total. The highest BCUT2D eigenvalue weighted by Crippen LogP contribution is 2.20. The SMILES string of the molecule is COc1cccc(OCc2c(CO)nnn2C)c1. The van der Waals surface area contributed by atoms with E-state index in [0.29, 0.717) is 18.1 Å². The third-order valence-electron chi connectivity index (χ3n) is 2.59. The van der Waals surface area contributed by atoms with Crippen molar-refractivity contribution in [2.45, 2.75) is 13.2 Å². The Hall–Kier alpha value is -2.08. The lowest BCUT2D eigenvalue weighted by Crippen LogP contribution is -2.05. The van der Waals surface area contributed by atoms with Crippen molar-refractivity contribution in [2.24, 2.45) is 7.05 Å². The van der Waals surface area contributed by atoms with Gasteiger partial charge in [-0.25, -0.2) is 4.68 Å². The lowest BCUT2D eigenvalue weighted by Gasteiger charge is -2.08. The lowest BCUT2D eigenvalue weighted by molar-refractivity contribution is 0.262. The van der Waals surface area contributed by atoms with Gasteiger partial charge >= 0.3 is 0 Å². The van der Waals surface area contributed by atoms with Crippen LogP contribution in [-0.4, -0.2) is 27.2 Å². The molecule has 0 atom stereocenters. The summed E-state index contributed by atoms with van der Waals surface area (Å²) in [5, 5.41) is 16.8. The number of benzene rings is 1. The van der Waals surface area contributed by atoms with Gasteiger partial charge in [-0.3, -0.25) is 0 Å². The van der Waals surface area contributed by atoms with Crippen LogP contribution in [0.15, 0.2) is 24.3 Å². The number of hydrogen-bond acceptors (Lipinski definition) is 5. The Morgan fingerprint density at radius 3 is 2.83 bits per heavy atom. The van der Waals surface area contributed by atoms with Crippen molar-refractivity contribution < 1.29 is 14.6 Å². The topological polar surface area (TPSA) is 69.4 Å². The minimum Gasteiger partial charge on any atom is -0.497 e. The number of nitrogens with zero attached hydrogens (tertiary/aromatic N) is 3. The van der Waals surface area contributed by atoms with E-state index in [9.17, 15) is 0 Å². The van der Waals surface area contributed by atoms with E-state index < -0.39 is 0 Å². The van der Waals surface area contributed by atoms with Crippen LogP contribution in [0.3, 0.4) is 0 Å². The van der Waals surface area contributed by atoms with Gasteiger partial charge in [0.2, 0.25) is 0 Å². The molecule has 0 saturated heterocycles. The van der Waals surface area contributed by atoms with Crippen LogP contribution >= 0.6 is 0 Å². The summed E-state index contributed by atoms with van der Waals surface area (Å²) in [7, 11) is 3.37. The summed E-state index contributed by atoms with van der Waals surface area (Å²) in [6, 6.07) is 7.33. The van der Waals surface area contributed by atoms with Gasteiger partial charge in [0.05, 0.1) is 13.7 Å². The molecule has 1 aromatic carbocycles. The average Bonchev–Trinajstić information content (AvgIpc) is 2.77. The van der Waals surface area contributed by atoms with Gasteiger partial charge in [0, 0.05) is 13.1 Å². The molecular formula is C12H15N3O3. The number of hydrogen-bond donors (Lipinski definition) is 1. The predicted octanol–water partition coefficient (Wildman–Crippen LogP) is 0.895. The van der Waals surface area contributed by atoms with Crippen molar-refractivity contribution in [3.63, 3.8) is 0 Å². The fourth-order valence-electron chi connectivity index (χ4n) is 1.56. The lowest BCUT2D eigenvalue weighted by atomic mass is 10.3. The number of aliphatic hydroxyl groups is 1. The van der Waals surface area contributed by atoms with Gasteiger partial charge in [-0.05, 0) is 12.1 Å². The Kier molecular flexibility index (Phi) is 3.78. The summed E-state index contributed by atoms with van der Waals surface area (Å²) in [6.45, 7) is 0.150. The number of aromatic nitrogens is 3. The molecule has 0 aliphatic rings. The smallest absolute Gasteiger partial charge is 0.132 e. The molecule has 0 aliphatic heterocycles. The number of aryl methyl sites for hydroxylation is 1. The second kappa shape index (κ2) is 5.50. The van der Waals surface area contributed by atoms with Crippen LogP contribution in [0.1, 0.15) is 11.4 Å². The van der Waals surface area contributed by atoms with Crippen LogP contribution in [0.2, 0.25) is 0 Å². The summed E-state index contributed by atoms with van der Waals surface area (Å²) in [4.78, 5) is 0. The first kappa shape index (κ1) is 12.4. The van der Waals surface area contributed by atoms with E-state index in [4.69, 9.17) is 14.6 Å². The number of rotatable bonds is 5. The normalized spacial score (nSPS) is 10.4. The molecule has 0 saturated carbocycles. The summed E-state index contributed by atoms with van der Waals surface area (Å²) >= 11 is 0. The summed E-state index contributed by atoms with van der Waals surface area (Å²) in [6.07, 6.45) is 0. The van der Waals surface area contributed by atoms with Crippen molar-refractivity contribution in [1.29, 1.82) is 0 Å². The van der Waals surface area contributed by atoms with Gasteiger partial charge in [-0.2, -0.15) is 0 Å². The van der Waals surface area contributed by atoms with Crippen molar-refractivity contribution in [2.75, 3.05) is 7.11 Å². The Labute approximate surface area is 105 Å². The molecule has 1 heterocycles. The average molecular weight is 249 g/mol. The Balaban J connectivity index is 2.08. The first-order valence-corrected chi connectivity index (χ1v) is 5.49. The second-order valence-corrected chi connectivity index (χ2v) is 3.73. The van der Waals surface area contributed by atoms with Crippen molar-refractivity contribution in [3.05, 3.63) is 35.7 Å². The van der Waals surface area contributed by atoms with E-state index >= 15 is 0 Å². The highest BCUT2D eigenvalue weighted by atomic mass is 16.5. The molecule has 0 spiro atoms. The van der Waals surface area contributed by atoms with Gasteiger partial charge in [-0.1, -0.05) is 11.3 Å². The Morgan fingerprint density at radius 2 is 2.11 bits per heavy atom. The van der Waals surface area contributed by atoms with Crippen LogP contribution < -0.4 is 9.47 Å². The Morgan fingerprint density at radius 1 is 1.33 bits per heavy atom. The Bertz CT molecular complexity index is 525. The van der Waals surface area contributed by atoms with E-state index in [1.54, 1.807) is 24.9 Å². The summed E-state index contributed by atoms with van der Waals surface area (Å²) < 4.78 is 12.3. The van der Waals surface area contributed by atoms with Gasteiger partial charge in [-0.15, -0.1) is 5.10 Å². The largest absolute Gasteiger partial charge is 0.497 e. The molecule has 0 radical (unpaired) electrons. The van der Waals surface area contributed by atoms with E-state index in [1.807, 2.05) is 18.2 Å². The molecule has 0 unspecified atom stereocenters. The first-order valence-electron chi connectivity index (χ1n) is 5.49. The van der Waals surface area contributed by atoms with E-state index in [-0.39, 0.29) is 6.61 Å². The zero-order valence-electron chi connectivity index (χ0n) is 10.3. The zero-order valence-corrected chi connectivity index (χ0v) is 10.3. The van der Waals surface area contributed by atoms with E-state index in [2.05, 4.69) is 10.3 Å². The van der Waals surface area contributed by atoms with Crippen LogP contribution in [0, 0.1) is 0 Å². The van der Waals surface area contributed by atoms with Crippen molar-refractivity contribution >= 4 is 0 Å². The van der Waals surface area contributed by atoms with Crippen LogP contribution in [0.4, 0.5) is 0 Å². The molecule has 0 bridgehead atoms. The molecule has 0 aliphatic carbocycles. The van der Waals surface area contributed by atoms with E-state index in [0.717, 1.165) is 11.4 Å². The van der Waals surface area contributed by atoms with Gasteiger partial charge in [0.15, 0.2) is 0 Å². The monoisotopic (exact) mass is 249 g/mol. The van der Waals surface area contributed by atoms with Crippen LogP contribution in [-0.2, 0) is 20.3 Å². The number of methoxy groups -OCH3 is 1. The quantitative estimate of drug-likeness (QED) is 0.852. The van der Waals surface area contributed by atoms with Crippen molar-refractivity contribution in [1.82, 2.24) is 15.0 Å². The third-order valence-corrected chi connectivity index (χ3v) is 2.59.